The van der Waals surface area contributed by atoms with Gasteiger partial charge in [0.15, 0.2) is 0 Å². The Labute approximate surface area is 126 Å². The van der Waals surface area contributed by atoms with Crippen molar-refractivity contribution in [2.75, 3.05) is 12.8 Å². The first-order valence-corrected chi connectivity index (χ1v) is 7.46. The number of hydrogen-bond acceptors (Lipinski definition) is 4. The molecule has 2 heterocycles. The number of hydrogen-bond donors (Lipinski definition) is 2. The van der Waals surface area contributed by atoms with Crippen LogP contribution in [0.2, 0.25) is 4.34 Å². The van der Waals surface area contributed by atoms with Crippen LogP contribution in [0.15, 0.2) is 30.3 Å². The lowest BCUT2D eigenvalue weighted by Gasteiger charge is -2.13. The average Bonchev–Trinajstić information content (AvgIpc) is 2.94. The van der Waals surface area contributed by atoms with E-state index in [2.05, 4.69) is 28.0 Å². The normalized spacial score (nSPS) is 11.6. The van der Waals surface area contributed by atoms with E-state index in [4.69, 9.17) is 17.3 Å². The number of aromatic amines is 1. The number of nitrogens with zero attached hydrogens (tertiary/aromatic N) is 2. The van der Waals surface area contributed by atoms with E-state index in [1.165, 1.54) is 4.88 Å². The standard InChI is InChI=1S/C14H15ClN4S/c1-19(7-10-3-5-13(15)20-10)8-14-17-11-4-2-9(16)6-12(11)18-14/h2-6H,7-8,16H2,1H3,(H,17,18). The van der Waals surface area contributed by atoms with E-state index in [9.17, 15) is 0 Å². The predicted molar refractivity (Wildman–Crippen MR) is 85.0 cm³/mol. The Bertz CT molecular complexity index is 734. The highest BCUT2D eigenvalue weighted by Crippen LogP contribution is 2.23. The fraction of sp³-hybridized carbons (Fsp3) is 0.214. The molecular weight excluding hydrogens is 292 g/mol. The number of rotatable bonds is 4. The number of aromatic nitrogens is 2. The Morgan fingerprint density at radius 2 is 2.15 bits per heavy atom. The van der Waals surface area contributed by atoms with Crippen LogP contribution in [0.25, 0.3) is 11.0 Å². The first-order valence-electron chi connectivity index (χ1n) is 6.27. The van der Waals surface area contributed by atoms with E-state index in [-0.39, 0.29) is 0 Å². The number of halogens is 1. The lowest BCUT2D eigenvalue weighted by molar-refractivity contribution is 0.315. The molecule has 0 spiro atoms. The predicted octanol–water partition coefficient (Wildman–Crippen LogP) is 3.49. The number of nitrogen functional groups attached to an aromatic ring is 1. The molecule has 3 N–H and O–H groups in total. The van der Waals surface area contributed by atoms with Crippen LogP contribution in [0.5, 0.6) is 0 Å². The quantitative estimate of drug-likeness (QED) is 0.725. The van der Waals surface area contributed by atoms with Crippen LogP contribution in [-0.2, 0) is 13.1 Å². The van der Waals surface area contributed by atoms with Gasteiger partial charge in [-0.1, -0.05) is 11.6 Å². The topological polar surface area (TPSA) is 57.9 Å². The third-order valence-electron chi connectivity index (χ3n) is 3.03. The number of H-pyrrole nitrogens is 1. The second kappa shape index (κ2) is 5.44. The summed E-state index contributed by atoms with van der Waals surface area (Å²) in [5.74, 6) is 0.941. The van der Waals surface area contributed by atoms with Gasteiger partial charge in [-0.15, -0.1) is 11.3 Å². The smallest absolute Gasteiger partial charge is 0.121 e. The van der Waals surface area contributed by atoms with Crippen LogP contribution in [0.1, 0.15) is 10.7 Å². The van der Waals surface area contributed by atoms with Gasteiger partial charge >= 0.3 is 0 Å². The highest BCUT2D eigenvalue weighted by Gasteiger charge is 2.08. The summed E-state index contributed by atoms with van der Waals surface area (Å²) in [6.45, 7) is 1.61. The number of anilines is 1. The van der Waals surface area contributed by atoms with E-state index in [0.29, 0.717) is 0 Å². The number of thiophene rings is 1. The van der Waals surface area contributed by atoms with Gasteiger partial charge in [-0.05, 0) is 37.4 Å². The molecule has 4 nitrogen and oxygen atoms in total. The van der Waals surface area contributed by atoms with Crippen molar-refractivity contribution >= 4 is 39.7 Å². The lowest BCUT2D eigenvalue weighted by atomic mass is 10.3. The molecule has 0 fully saturated rings. The fourth-order valence-corrected chi connectivity index (χ4v) is 3.34. The minimum atomic E-state index is 0.745. The van der Waals surface area contributed by atoms with E-state index >= 15 is 0 Å². The second-order valence-corrected chi connectivity index (χ2v) is 6.64. The molecule has 2 aromatic heterocycles. The van der Waals surface area contributed by atoms with Crippen LogP contribution >= 0.6 is 22.9 Å². The molecule has 1 aromatic carbocycles. The molecular formula is C14H15ClN4S. The average molecular weight is 307 g/mol. The number of benzene rings is 1. The molecule has 3 aromatic rings. The number of nitrogens with one attached hydrogen (secondary N) is 1. The minimum Gasteiger partial charge on any atom is -0.399 e. The van der Waals surface area contributed by atoms with Gasteiger partial charge in [-0.3, -0.25) is 4.90 Å². The Morgan fingerprint density at radius 1 is 1.30 bits per heavy atom. The fourth-order valence-electron chi connectivity index (χ4n) is 2.17. The molecule has 0 bridgehead atoms. The van der Waals surface area contributed by atoms with E-state index in [0.717, 1.165) is 40.0 Å². The maximum atomic E-state index is 5.94. The summed E-state index contributed by atoms with van der Waals surface area (Å²) in [5.41, 5.74) is 8.44. The number of nitrogens with two attached hydrogens (primary N) is 1. The summed E-state index contributed by atoms with van der Waals surface area (Å²) in [4.78, 5) is 11.3. The van der Waals surface area contributed by atoms with Gasteiger partial charge < -0.3 is 10.7 Å². The summed E-state index contributed by atoms with van der Waals surface area (Å²) in [6, 6.07) is 9.70. The largest absolute Gasteiger partial charge is 0.399 e. The van der Waals surface area contributed by atoms with Crippen LogP contribution in [0, 0.1) is 0 Å². The third kappa shape index (κ3) is 2.95. The van der Waals surface area contributed by atoms with Crippen LogP contribution < -0.4 is 5.73 Å². The number of fused-ring (bicyclic) bond motifs is 1. The van der Waals surface area contributed by atoms with Crippen molar-refractivity contribution < 1.29 is 0 Å². The number of imidazole rings is 1. The summed E-state index contributed by atoms with van der Waals surface area (Å²) in [5, 5.41) is 0. The van der Waals surface area contributed by atoms with E-state index in [1.807, 2.05) is 24.3 Å². The van der Waals surface area contributed by atoms with Crippen molar-refractivity contribution in [3.8, 4) is 0 Å². The molecule has 0 aliphatic heterocycles. The van der Waals surface area contributed by atoms with Gasteiger partial charge in [-0.25, -0.2) is 4.98 Å². The zero-order valence-corrected chi connectivity index (χ0v) is 12.6. The third-order valence-corrected chi connectivity index (χ3v) is 4.25. The molecule has 0 saturated carbocycles. The van der Waals surface area contributed by atoms with Gasteiger partial charge in [0.2, 0.25) is 0 Å². The zero-order valence-electron chi connectivity index (χ0n) is 11.1. The summed E-state index contributed by atoms with van der Waals surface area (Å²) in [7, 11) is 2.06. The van der Waals surface area contributed by atoms with Crippen molar-refractivity contribution in [1.29, 1.82) is 0 Å². The lowest BCUT2D eigenvalue weighted by Crippen LogP contribution is -2.17. The first kappa shape index (κ1) is 13.4. The van der Waals surface area contributed by atoms with Gasteiger partial charge in [0, 0.05) is 17.1 Å². The zero-order chi connectivity index (χ0) is 14.1. The van der Waals surface area contributed by atoms with Crippen LogP contribution in [0.3, 0.4) is 0 Å². The molecule has 0 aliphatic carbocycles. The molecule has 0 amide bonds. The van der Waals surface area contributed by atoms with Gasteiger partial charge in [0.25, 0.3) is 0 Å². The highest BCUT2D eigenvalue weighted by molar-refractivity contribution is 7.16. The molecule has 6 heteroatoms. The van der Waals surface area contributed by atoms with Crippen LogP contribution in [0.4, 0.5) is 5.69 Å². The van der Waals surface area contributed by atoms with Gasteiger partial charge in [0.05, 0.1) is 21.9 Å². The molecule has 0 aliphatic rings. The molecule has 0 atom stereocenters. The van der Waals surface area contributed by atoms with Gasteiger partial charge in [-0.2, -0.15) is 0 Å². The first-order chi connectivity index (χ1) is 9.60. The molecule has 0 saturated heterocycles. The summed E-state index contributed by atoms with van der Waals surface area (Å²) in [6.07, 6.45) is 0. The molecule has 0 radical (unpaired) electrons. The van der Waals surface area contributed by atoms with Crippen molar-refractivity contribution in [2.45, 2.75) is 13.1 Å². The summed E-state index contributed by atoms with van der Waals surface area (Å²) >= 11 is 7.55. The Hall–Kier alpha value is -1.56. The van der Waals surface area contributed by atoms with Gasteiger partial charge in [0.1, 0.15) is 5.82 Å². The van der Waals surface area contributed by atoms with E-state index in [1.54, 1.807) is 11.3 Å². The SMILES string of the molecule is CN(Cc1nc2ccc(N)cc2[nH]1)Cc1ccc(Cl)s1. The second-order valence-electron chi connectivity index (χ2n) is 4.84. The van der Waals surface area contributed by atoms with Crippen LogP contribution in [-0.4, -0.2) is 21.9 Å². The maximum absolute atomic E-state index is 5.94. The van der Waals surface area contributed by atoms with E-state index < -0.39 is 0 Å². The molecule has 20 heavy (non-hydrogen) atoms. The molecule has 104 valence electrons. The molecule has 0 unspecified atom stereocenters. The van der Waals surface area contributed by atoms with Crippen molar-refractivity contribution in [3.05, 3.63) is 45.4 Å². The van der Waals surface area contributed by atoms with Crippen molar-refractivity contribution in [3.63, 3.8) is 0 Å². The molecule has 3 rings (SSSR count). The minimum absolute atomic E-state index is 0.745. The Kier molecular flexibility index (Phi) is 3.65. The van der Waals surface area contributed by atoms with Crippen molar-refractivity contribution in [1.82, 2.24) is 14.9 Å². The highest BCUT2D eigenvalue weighted by atomic mass is 35.5. The Morgan fingerprint density at radius 3 is 2.90 bits per heavy atom. The monoisotopic (exact) mass is 306 g/mol. The van der Waals surface area contributed by atoms with Crippen molar-refractivity contribution in [2.24, 2.45) is 0 Å². The summed E-state index contributed by atoms with van der Waals surface area (Å²) < 4.78 is 0.826. The maximum Gasteiger partial charge on any atom is 0.121 e. The Balaban J connectivity index is 1.72.